The Bertz CT molecular complexity index is 412. The summed E-state index contributed by atoms with van der Waals surface area (Å²) in [4.78, 5) is 30.1. The van der Waals surface area contributed by atoms with Crippen molar-refractivity contribution >= 4 is 17.8 Å². The second-order valence-electron chi connectivity index (χ2n) is 5.56. The van der Waals surface area contributed by atoms with Crippen molar-refractivity contribution in [3.63, 3.8) is 0 Å². The van der Waals surface area contributed by atoms with Crippen molar-refractivity contribution in [1.82, 2.24) is 15.5 Å². The van der Waals surface area contributed by atoms with Crippen molar-refractivity contribution < 1.29 is 14.3 Å². The van der Waals surface area contributed by atoms with Gasteiger partial charge in [0.1, 0.15) is 6.54 Å². The Balaban J connectivity index is 2.64. The minimum absolute atomic E-state index is 0.0822. The van der Waals surface area contributed by atoms with E-state index < -0.39 is 0 Å². The van der Waals surface area contributed by atoms with Crippen LogP contribution in [0.2, 0.25) is 0 Å². The first-order chi connectivity index (χ1) is 11.1. The van der Waals surface area contributed by atoms with Gasteiger partial charge in [0.25, 0.3) is 0 Å². The minimum atomic E-state index is -0.145. The molecule has 132 valence electrons. The van der Waals surface area contributed by atoms with Crippen molar-refractivity contribution in [2.24, 2.45) is 10.9 Å². The Kier molecular flexibility index (Phi) is 9.09. The number of piperidine rings is 1. The molecule has 1 fully saturated rings. The fourth-order valence-electron chi connectivity index (χ4n) is 2.51. The number of esters is 1. The van der Waals surface area contributed by atoms with E-state index in [4.69, 9.17) is 4.74 Å². The van der Waals surface area contributed by atoms with E-state index in [1.807, 2.05) is 25.7 Å². The number of nitrogens with zero attached hydrogens (tertiary/aromatic N) is 2. The molecule has 0 aliphatic carbocycles. The molecule has 1 atom stereocenters. The molecular formula is C16H30N4O3. The fraction of sp³-hybridized carbons (Fsp3) is 0.812. The molecular weight excluding hydrogens is 296 g/mol. The van der Waals surface area contributed by atoms with Gasteiger partial charge in [-0.25, -0.2) is 4.99 Å². The van der Waals surface area contributed by atoms with Crippen molar-refractivity contribution in [1.29, 1.82) is 0 Å². The molecule has 1 aliphatic rings. The quantitative estimate of drug-likeness (QED) is 0.410. The van der Waals surface area contributed by atoms with Crippen LogP contribution in [0, 0.1) is 5.92 Å². The molecule has 7 nitrogen and oxygen atoms in total. The number of guanidine groups is 1. The monoisotopic (exact) mass is 326 g/mol. The summed E-state index contributed by atoms with van der Waals surface area (Å²) < 4.78 is 5.12. The van der Waals surface area contributed by atoms with Gasteiger partial charge in [-0.05, 0) is 33.1 Å². The van der Waals surface area contributed by atoms with Gasteiger partial charge in [0.2, 0.25) is 5.91 Å². The first-order valence-corrected chi connectivity index (χ1v) is 8.58. The van der Waals surface area contributed by atoms with Crippen LogP contribution in [0.3, 0.4) is 0 Å². The maximum Gasteiger partial charge on any atom is 0.310 e. The zero-order chi connectivity index (χ0) is 17.1. The number of amides is 1. The molecule has 23 heavy (non-hydrogen) atoms. The second kappa shape index (κ2) is 10.9. The number of rotatable bonds is 7. The molecule has 1 aliphatic heterocycles. The van der Waals surface area contributed by atoms with E-state index in [1.165, 1.54) is 0 Å². The largest absolute Gasteiger partial charge is 0.466 e. The predicted octanol–water partition coefficient (Wildman–Crippen LogP) is 0.753. The van der Waals surface area contributed by atoms with E-state index in [2.05, 4.69) is 15.6 Å². The van der Waals surface area contributed by atoms with E-state index in [1.54, 1.807) is 0 Å². The molecule has 1 rings (SSSR count). The van der Waals surface area contributed by atoms with Crippen LogP contribution in [0.15, 0.2) is 4.99 Å². The van der Waals surface area contributed by atoms with E-state index in [0.29, 0.717) is 25.7 Å². The summed E-state index contributed by atoms with van der Waals surface area (Å²) in [6.07, 6.45) is 2.66. The number of hydrogen-bond acceptors (Lipinski definition) is 4. The summed E-state index contributed by atoms with van der Waals surface area (Å²) in [6.45, 7) is 9.12. The van der Waals surface area contributed by atoms with Gasteiger partial charge in [-0.15, -0.1) is 0 Å². The van der Waals surface area contributed by atoms with Gasteiger partial charge in [0.05, 0.1) is 12.5 Å². The highest BCUT2D eigenvalue weighted by Gasteiger charge is 2.28. The highest BCUT2D eigenvalue weighted by Crippen LogP contribution is 2.18. The number of ether oxygens (including phenoxy) is 1. The third kappa shape index (κ3) is 6.88. The molecule has 0 bridgehead atoms. The van der Waals surface area contributed by atoms with Crippen LogP contribution < -0.4 is 10.6 Å². The Morgan fingerprint density at radius 1 is 1.26 bits per heavy atom. The summed E-state index contributed by atoms with van der Waals surface area (Å²) >= 11 is 0. The lowest BCUT2D eigenvalue weighted by Crippen LogP contribution is -2.48. The lowest BCUT2D eigenvalue weighted by Gasteiger charge is -2.33. The molecule has 1 amide bonds. The number of nitrogens with one attached hydrogen (secondary N) is 2. The maximum absolute atomic E-state index is 11.9. The van der Waals surface area contributed by atoms with E-state index in [-0.39, 0.29) is 24.3 Å². The fourth-order valence-corrected chi connectivity index (χ4v) is 2.51. The van der Waals surface area contributed by atoms with Crippen molar-refractivity contribution in [3.05, 3.63) is 0 Å². The van der Waals surface area contributed by atoms with Crippen LogP contribution in [0.5, 0.6) is 0 Å². The van der Waals surface area contributed by atoms with Crippen molar-refractivity contribution in [3.8, 4) is 0 Å². The third-order valence-electron chi connectivity index (χ3n) is 3.62. The molecule has 0 spiro atoms. The van der Waals surface area contributed by atoms with Crippen LogP contribution in [0.1, 0.15) is 40.0 Å². The summed E-state index contributed by atoms with van der Waals surface area (Å²) in [6, 6.07) is 0. The van der Waals surface area contributed by atoms with Gasteiger partial charge in [-0.1, -0.05) is 6.92 Å². The summed E-state index contributed by atoms with van der Waals surface area (Å²) in [5, 5.41) is 6.01. The Morgan fingerprint density at radius 3 is 2.70 bits per heavy atom. The smallest absolute Gasteiger partial charge is 0.310 e. The Labute approximate surface area is 138 Å². The van der Waals surface area contributed by atoms with Crippen molar-refractivity contribution in [2.45, 2.75) is 40.0 Å². The molecule has 0 aromatic heterocycles. The first-order valence-electron chi connectivity index (χ1n) is 8.58. The second-order valence-corrected chi connectivity index (χ2v) is 5.56. The van der Waals surface area contributed by atoms with Crippen LogP contribution in [-0.2, 0) is 14.3 Å². The topological polar surface area (TPSA) is 83.0 Å². The highest BCUT2D eigenvalue weighted by molar-refractivity contribution is 5.85. The maximum atomic E-state index is 11.9. The molecule has 0 aromatic carbocycles. The lowest BCUT2D eigenvalue weighted by molar-refractivity contribution is -0.149. The normalized spacial score (nSPS) is 18.5. The van der Waals surface area contributed by atoms with Crippen LogP contribution in [0.4, 0.5) is 0 Å². The molecule has 0 aromatic rings. The standard InChI is InChI=1S/C16H30N4O3/c1-4-9-18-14(21)11-19-16(17-5-2)20-10-7-8-13(12-20)15(22)23-6-3/h13H,4-12H2,1-3H3,(H,17,19)(H,18,21). The molecule has 7 heteroatoms. The van der Waals surface area contributed by atoms with Gasteiger partial charge in [0, 0.05) is 26.2 Å². The number of aliphatic imine (C=N–C) groups is 1. The molecule has 1 unspecified atom stereocenters. The third-order valence-corrected chi connectivity index (χ3v) is 3.62. The van der Waals surface area contributed by atoms with E-state index in [0.717, 1.165) is 32.4 Å². The number of carbonyl (C=O) groups excluding carboxylic acids is 2. The van der Waals surface area contributed by atoms with Crippen LogP contribution >= 0.6 is 0 Å². The minimum Gasteiger partial charge on any atom is -0.466 e. The van der Waals surface area contributed by atoms with Gasteiger partial charge in [-0.3, -0.25) is 9.59 Å². The molecule has 2 N–H and O–H groups in total. The average Bonchev–Trinajstić information content (AvgIpc) is 2.57. The van der Waals surface area contributed by atoms with E-state index >= 15 is 0 Å². The first kappa shape index (κ1) is 19.3. The average molecular weight is 326 g/mol. The number of hydrogen-bond donors (Lipinski definition) is 2. The molecule has 1 heterocycles. The zero-order valence-electron chi connectivity index (χ0n) is 14.6. The highest BCUT2D eigenvalue weighted by atomic mass is 16.5. The van der Waals surface area contributed by atoms with Crippen molar-refractivity contribution in [2.75, 3.05) is 39.3 Å². The van der Waals surface area contributed by atoms with Crippen LogP contribution in [0.25, 0.3) is 0 Å². The predicted molar refractivity (Wildman–Crippen MR) is 90.2 cm³/mol. The van der Waals surface area contributed by atoms with E-state index in [9.17, 15) is 9.59 Å². The summed E-state index contributed by atoms with van der Waals surface area (Å²) in [7, 11) is 0. The van der Waals surface area contributed by atoms with Crippen LogP contribution in [-0.4, -0.2) is 62.1 Å². The van der Waals surface area contributed by atoms with Gasteiger partial charge in [0.15, 0.2) is 5.96 Å². The molecule has 1 saturated heterocycles. The Hall–Kier alpha value is -1.79. The van der Waals surface area contributed by atoms with Gasteiger partial charge < -0.3 is 20.3 Å². The zero-order valence-corrected chi connectivity index (χ0v) is 14.6. The SMILES string of the molecule is CCCNC(=O)CN=C(NCC)N1CCCC(C(=O)OCC)C1. The molecule has 0 saturated carbocycles. The molecule has 0 radical (unpaired) electrons. The van der Waals surface area contributed by atoms with Gasteiger partial charge >= 0.3 is 5.97 Å². The Morgan fingerprint density at radius 2 is 2.04 bits per heavy atom. The van der Waals surface area contributed by atoms with Gasteiger partial charge in [-0.2, -0.15) is 0 Å². The lowest BCUT2D eigenvalue weighted by atomic mass is 9.98. The number of likely N-dealkylation sites (tertiary alicyclic amines) is 1. The number of carbonyl (C=O) groups is 2. The summed E-state index contributed by atoms with van der Waals surface area (Å²) in [5.41, 5.74) is 0. The summed E-state index contributed by atoms with van der Waals surface area (Å²) in [5.74, 6) is 0.338.